The highest BCUT2D eigenvalue weighted by molar-refractivity contribution is 5.91. The van der Waals surface area contributed by atoms with Crippen LogP contribution in [0.3, 0.4) is 0 Å². The molecule has 0 saturated heterocycles. The lowest BCUT2D eigenvalue weighted by Crippen LogP contribution is -2.24. The highest BCUT2D eigenvalue weighted by Crippen LogP contribution is 2.21. The zero-order valence-corrected chi connectivity index (χ0v) is 15.8. The summed E-state index contributed by atoms with van der Waals surface area (Å²) in [4.78, 5) is 27.8. The molecular formula is C22H17N5O3. The molecular weight excluding hydrogens is 382 g/mol. The number of hydrogen-bond acceptors (Lipinski definition) is 5. The number of nitro groups is 1. The fourth-order valence-electron chi connectivity index (χ4n) is 3.02. The van der Waals surface area contributed by atoms with Crippen LogP contribution in [0.25, 0.3) is 17.1 Å². The van der Waals surface area contributed by atoms with Gasteiger partial charge in [0.15, 0.2) is 5.82 Å². The number of amides is 1. The molecule has 0 aliphatic carbocycles. The molecule has 1 heterocycles. The molecule has 3 aromatic carbocycles. The summed E-state index contributed by atoms with van der Waals surface area (Å²) >= 11 is 0. The Morgan fingerprint density at radius 2 is 1.57 bits per heavy atom. The van der Waals surface area contributed by atoms with Gasteiger partial charge in [-0.2, -0.15) is 0 Å². The molecule has 0 radical (unpaired) electrons. The van der Waals surface area contributed by atoms with Crippen LogP contribution in [-0.2, 0) is 6.54 Å². The highest BCUT2D eigenvalue weighted by Gasteiger charge is 2.20. The van der Waals surface area contributed by atoms with E-state index in [0.29, 0.717) is 11.4 Å². The number of benzene rings is 3. The van der Waals surface area contributed by atoms with Gasteiger partial charge in [-0.3, -0.25) is 14.9 Å². The van der Waals surface area contributed by atoms with Crippen molar-refractivity contribution in [3.05, 3.63) is 106 Å². The molecule has 8 heteroatoms. The Labute approximate surface area is 172 Å². The lowest BCUT2D eigenvalue weighted by atomic mass is 10.2. The van der Waals surface area contributed by atoms with Crippen molar-refractivity contribution in [3.8, 4) is 17.1 Å². The van der Waals surface area contributed by atoms with Crippen molar-refractivity contribution in [2.45, 2.75) is 6.54 Å². The number of para-hydroxylation sites is 2. The molecule has 0 saturated carbocycles. The number of rotatable bonds is 6. The highest BCUT2D eigenvalue weighted by atomic mass is 16.6. The molecule has 0 aliphatic rings. The molecule has 1 amide bonds. The van der Waals surface area contributed by atoms with E-state index in [1.165, 1.54) is 6.07 Å². The molecule has 0 bridgehead atoms. The van der Waals surface area contributed by atoms with Gasteiger partial charge < -0.3 is 5.32 Å². The van der Waals surface area contributed by atoms with E-state index >= 15 is 0 Å². The van der Waals surface area contributed by atoms with Gasteiger partial charge in [0.2, 0.25) is 5.82 Å². The Morgan fingerprint density at radius 1 is 0.933 bits per heavy atom. The lowest BCUT2D eigenvalue weighted by molar-refractivity contribution is -0.385. The van der Waals surface area contributed by atoms with Crippen LogP contribution in [-0.4, -0.2) is 25.6 Å². The van der Waals surface area contributed by atoms with Gasteiger partial charge in [-0.05, 0) is 12.1 Å². The second kappa shape index (κ2) is 8.36. The van der Waals surface area contributed by atoms with Crippen LogP contribution in [0.15, 0.2) is 84.9 Å². The van der Waals surface area contributed by atoms with E-state index < -0.39 is 10.8 Å². The quantitative estimate of drug-likeness (QED) is 0.393. The van der Waals surface area contributed by atoms with Gasteiger partial charge in [-0.15, -0.1) is 5.10 Å². The van der Waals surface area contributed by atoms with Gasteiger partial charge in [0.25, 0.3) is 11.6 Å². The van der Waals surface area contributed by atoms with Crippen molar-refractivity contribution in [3.63, 3.8) is 0 Å². The molecule has 148 valence electrons. The summed E-state index contributed by atoms with van der Waals surface area (Å²) in [6.45, 7) is -0.00344. The van der Waals surface area contributed by atoms with Crippen LogP contribution >= 0.6 is 0 Å². The van der Waals surface area contributed by atoms with Crippen LogP contribution in [0, 0.1) is 10.1 Å². The summed E-state index contributed by atoms with van der Waals surface area (Å²) in [5.41, 5.74) is 1.93. The Bertz CT molecular complexity index is 1130. The average Bonchev–Trinajstić information content (AvgIpc) is 3.24. The number of hydrogen-bond donors (Lipinski definition) is 1. The Balaban J connectivity index is 1.64. The maximum absolute atomic E-state index is 12.7. The number of nitrogens with one attached hydrogen (secondary N) is 1. The number of nitrogens with zero attached hydrogens (tertiary/aromatic N) is 4. The molecule has 1 N–H and O–H groups in total. The van der Waals surface area contributed by atoms with E-state index in [2.05, 4.69) is 15.4 Å². The van der Waals surface area contributed by atoms with Crippen LogP contribution in [0.1, 0.15) is 16.2 Å². The molecule has 4 aromatic rings. The topological polar surface area (TPSA) is 103 Å². The van der Waals surface area contributed by atoms with E-state index in [1.54, 1.807) is 22.9 Å². The molecule has 0 aliphatic heterocycles. The predicted molar refractivity (Wildman–Crippen MR) is 111 cm³/mol. The molecule has 0 atom stereocenters. The van der Waals surface area contributed by atoms with Crippen molar-refractivity contribution < 1.29 is 9.72 Å². The van der Waals surface area contributed by atoms with Gasteiger partial charge in [0.1, 0.15) is 0 Å². The summed E-state index contributed by atoms with van der Waals surface area (Å²) in [7, 11) is 0. The summed E-state index contributed by atoms with van der Waals surface area (Å²) in [6.07, 6.45) is 0. The zero-order valence-electron chi connectivity index (χ0n) is 15.8. The fraction of sp³-hybridized carbons (Fsp3) is 0.0455. The van der Waals surface area contributed by atoms with E-state index in [9.17, 15) is 14.9 Å². The fourth-order valence-corrected chi connectivity index (χ4v) is 3.02. The van der Waals surface area contributed by atoms with Crippen LogP contribution in [0.4, 0.5) is 5.69 Å². The summed E-state index contributed by atoms with van der Waals surface area (Å²) in [6, 6.07) is 25.1. The van der Waals surface area contributed by atoms with Crippen molar-refractivity contribution >= 4 is 11.6 Å². The lowest BCUT2D eigenvalue weighted by Gasteiger charge is -2.05. The van der Waals surface area contributed by atoms with E-state index in [-0.39, 0.29) is 18.1 Å². The minimum atomic E-state index is -0.514. The first-order chi connectivity index (χ1) is 14.6. The first-order valence-electron chi connectivity index (χ1n) is 9.22. The Kier molecular flexibility index (Phi) is 5.29. The van der Waals surface area contributed by atoms with Gasteiger partial charge >= 0.3 is 0 Å². The number of carbonyl (C=O) groups excluding carboxylic acids is 1. The Morgan fingerprint density at radius 3 is 2.27 bits per heavy atom. The molecule has 0 unspecified atom stereocenters. The third-order valence-corrected chi connectivity index (χ3v) is 4.47. The van der Waals surface area contributed by atoms with Gasteiger partial charge in [0, 0.05) is 23.7 Å². The van der Waals surface area contributed by atoms with Gasteiger partial charge in [-0.1, -0.05) is 66.7 Å². The molecule has 4 rings (SSSR count). The Hall–Kier alpha value is -4.33. The maximum Gasteiger partial charge on any atom is 0.291 e. The van der Waals surface area contributed by atoms with Crippen molar-refractivity contribution in [1.29, 1.82) is 0 Å². The average molecular weight is 399 g/mol. The van der Waals surface area contributed by atoms with E-state index in [1.807, 2.05) is 60.7 Å². The molecule has 1 aromatic heterocycles. The molecule has 30 heavy (non-hydrogen) atoms. The van der Waals surface area contributed by atoms with Crippen molar-refractivity contribution in [2.24, 2.45) is 0 Å². The van der Waals surface area contributed by atoms with Gasteiger partial charge in [0.05, 0.1) is 10.6 Å². The van der Waals surface area contributed by atoms with Crippen molar-refractivity contribution in [1.82, 2.24) is 20.1 Å². The number of nitro benzene ring substituents is 1. The standard InChI is InChI=1S/C22H17N5O3/c28-22(23-15-17-11-7-8-14-19(17)27(29)30)20-24-21(16-9-3-1-4-10-16)26(25-20)18-12-5-2-6-13-18/h1-14H,15H2,(H,23,28). The first kappa shape index (κ1) is 19.0. The summed E-state index contributed by atoms with van der Waals surface area (Å²) in [5.74, 6) is -0.00561. The monoisotopic (exact) mass is 399 g/mol. The first-order valence-corrected chi connectivity index (χ1v) is 9.22. The SMILES string of the molecule is O=C(NCc1ccccc1[N+](=O)[O-])c1nc(-c2ccccc2)n(-c2ccccc2)n1. The minimum Gasteiger partial charge on any atom is -0.345 e. The predicted octanol–water partition coefficient (Wildman–Crippen LogP) is 3.77. The van der Waals surface area contributed by atoms with E-state index in [4.69, 9.17) is 0 Å². The summed E-state index contributed by atoms with van der Waals surface area (Å²) in [5, 5.41) is 18.2. The molecule has 0 spiro atoms. The van der Waals surface area contributed by atoms with Crippen LogP contribution in [0.2, 0.25) is 0 Å². The van der Waals surface area contributed by atoms with Gasteiger partial charge in [-0.25, -0.2) is 9.67 Å². The second-order valence-corrected chi connectivity index (χ2v) is 6.44. The third-order valence-electron chi connectivity index (χ3n) is 4.47. The summed E-state index contributed by atoms with van der Waals surface area (Å²) < 4.78 is 1.61. The maximum atomic E-state index is 12.7. The number of aromatic nitrogens is 3. The normalized spacial score (nSPS) is 10.5. The zero-order chi connectivity index (χ0) is 20.9. The van der Waals surface area contributed by atoms with Crippen LogP contribution in [0.5, 0.6) is 0 Å². The third kappa shape index (κ3) is 3.93. The minimum absolute atomic E-state index is 0.00344. The smallest absolute Gasteiger partial charge is 0.291 e. The second-order valence-electron chi connectivity index (χ2n) is 6.44. The molecule has 8 nitrogen and oxygen atoms in total. The van der Waals surface area contributed by atoms with Crippen LogP contribution < -0.4 is 5.32 Å². The van der Waals surface area contributed by atoms with E-state index in [0.717, 1.165) is 11.3 Å². The molecule has 0 fully saturated rings. The largest absolute Gasteiger partial charge is 0.345 e. The van der Waals surface area contributed by atoms with Crippen molar-refractivity contribution in [2.75, 3.05) is 0 Å². The number of carbonyl (C=O) groups is 1.